The van der Waals surface area contributed by atoms with Crippen LogP contribution in [0.4, 0.5) is 0 Å². The van der Waals surface area contributed by atoms with Gasteiger partial charge in [-0.1, -0.05) is 23.9 Å². The lowest BCUT2D eigenvalue weighted by Gasteiger charge is -2.21. The minimum absolute atomic E-state index is 0.485. The molecule has 2 aromatic carbocycles. The van der Waals surface area contributed by atoms with Gasteiger partial charge in [0.1, 0.15) is 37.9 Å². The Labute approximate surface area is 204 Å². The zero-order chi connectivity index (χ0) is 24.4. The van der Waals surface area contributed by atoms with E-state index in [4.69, 9.17) is 18.9 Å². The lowest BCUT2D eigenvalue weighted by atomic mass is 10.0. The average molecular weight is 471 g/mol. The average Bonchev–Trinajstić information content (AvgIpc) is 2.79. The van der Waals surface area contributed by atoms with Crippen LogP contribution in [0.25, 0.3) is 0 Å². The summed E-state index contributed by atoms with van der Waals surface area (Å²) >= 11 is 1.69. The SMILES string of the molecule is CC=COCCOc1c(Sc2cc(C)c(C)c(C)c2OCCOC=CC)cc(C)c(C)c1C. The minimum Gasteiger partial charge on any atom is -0.498 e. The summed E-state index contributed by atoms with van der Waals surface area (Å²) in [7, 11) is 0. The smallest absolute Gasteiger partial charge is 0.136 e. The largest absolute Gasteiger partial charge is 0.498 e. The third kappa shape index (κ3) is 7.23. The zero-order valence-electron chi connectivity index (χ0n) is 21.3. The van der Waals surface area contributed by atoms with Gasteiger partial charge >= 0.3 is 0 Å². The lowest BCUT2D eigenvalue weighted by molar-refractivity contribution is 0.175. The molecule has 2 rings (SSSR count). The standard InChI is InChI=1S/C28H38O4S/c1-9-11-29-13-15-31-27-23(7)21(5)19(3)17-25(27)33-26-18-20(4)22(6)24(8)28(26)32-16-14-30-12-10-2/h9-12,17-18H,13-16H2,1-8H3. The molecule has 2 aromatic rings. The molecule has 0 saturated heterocycles. The fourth-order valence-electron chi connectivity index (χ4n) is 3.38. The molecular formula is C28H38O4S. The topological polar surface area (TPSA) is 36.9 Å². The van der Waals surface area contributed by atoms with Crippen molar-refractivity contribution in [3.8, 4) is 11.5 Å². The predicted octanol–water partition coefficient (Wildman–Crippen LogP) is 7.55. The summed E-state index contributed by atoms with van der Waals surface area (Å²) in [4.78, 5) is 2.17. The Hall–Kier alpha value is -2.53. The van der Waals surface area contributed by atoms with Crippen molar-refractivity contribution in [2.24, 2.45) is 0 Å². The minimum atomic E-state index is 0.485. The van der Waals surface area contributed by atoms with E-state index in [0.717, 1.165) is 32.4 Å². The van der Waals surface area contributed by atoms with E-state index in [1.807, 2.05) is 26.0 Å². The Morgan fingerprint density at radius 2 is 1.00 bits per heavy atom. The monoisotopic (exact) mass is 470 g/mol. The second kappa shape index (κ2) is 13.2. The van der Waals surface area contributed by atoms with Crippen LogP contribution in [0.2, 0.25) is 0 Å². The molecule has 0 aromatic heterocycles. The van der Waals surface area contributed by atoms with Crippen LogP contribution in [0, 0.1) is 41.5 Å². The summed E-state index contributed by atoms with van der Waals surface area (Å²) < 4.78 is 23.3. The molecule has 0 saturated carbocycles. The molecule has 0 radical (unpaired) electrons. The summed E-state index contributed by atoms with van der Waals surface area (Å²) in [5.41, 5.74) is 7.30. The van der Waals surface area contributed by atoms with Crippen LogP contribution in [0.15, 0.2) is 46.6 Å². The van der Waals surface area contributed by atoms with Gasteiger partial charge in [0.05, 0.1) is 22.3 Å². The molecule has 33 heavy (non-hydrogen) atoms. The highest BCUT2D eigenvalue weighted by molar-refractivity contribution is 7.99. The normalized spacial score (nSPS) is 11.4. The van der Waals surface area contributed by atoms with Crippen molar-refractivity contribution in [1.29, 1.82) is 0 Å². The summed E-state index contributed by atoms with van der Waals surface area (Å²) in [6.07, 6.45) is 7.12. The van der Waals surface area contributed by atoms with Gasteiger partial charge in [-0.15, -0.1) is 0 Å². The maximum atomic E-state index is 6.22. The highest BCUT2D eigenvalue weighted by atomic mass is 32.2. The summed E-state index contributed by atoms with van der Waals surface area (Å²) in [5, 5.41) is 0. The molecule has 0 atom stereocenters. The summed E-state index contributed by atoms with van der Waals surface area (Å²) in [6.45, 7) is 18.7. The molecular weight excluding hydrogens is 432 g/mol. The van der Waals surface area contributed by atoms with Gasteiger partial charge in [0.2, 0.25) is 0 Å². The first kappa shape index (κ1) is 26.7. The van der Waals surface area contributed by atoms with Crippen LogP contribution in [0.1, 0.15) is 47.2 Å². The number of hydrogen-bond donors (Lipinski definition) is 0. The fourth-order valence-corrected chi connectivity index (χ4v) is 4.70. The van der Waals surface area contributed by atoms with Gasteiger partial charge in [0.25, 0.3) is 0 Å². The van der Waals surface area contributed by atoms with Gasteiger partial charge < -0.3 is 18.9 Å². The van der Waals surface area contributed by atoms with E-state index >= 15 is 0 Å². The number of allylic oxidation sites excluding steroid dienone is 2. The molecule has 180 valence electrons. The molecule has 0 aliphatic carbocycles. The third-order valence-corrected chi connectivity index (χ3v) is 6.76. The van der Waals surface area contributed by atoms with Crippen molar-refractivity contribution in [3.05, 3.63) is 70.2 Å². The Kier molecular flexibility index (Phi) is 10.7. The molecule has 0 N–H and O–H groups in total. The molecule has 5 heteroatoms. The Balaban J connectivity index is 2.37. The van der Waals surface area contributed by atoms with Crippen molar-refractivity contribution in [2.75, 3.05) is 26.4 Å². The molecule has 0 unspecified atom stereocenters. The molecule has 0 aliphatic heterocycles. The van der Waals surface area contributed by atoms with Crippen LogP contribution in [-0.2, 0) is 9.47 Å². The van der Waals surface area contributed by atoms with E-state index in [9.17, 15) is 0 Å². The van der Waals surface area contributed by atoms with Crippen LogP contribution in [-0.4, -0.2) is 26.4 Å². The summed E-state index contributed by atoms with van der Waals surface area (Å²) in [5.74, 6) is 1.82. The van der Waals surface area contributed by atoms with Crippen molar-refractivity contribution < 1.29 is 18.9 Å². The molecule has 0 spiro atoms. The van der Waals surface area contributed by atoms with Gasteiger partial charge in [0, 0.05) is 0 Å². The molecule has 0 bridgehead atoms. The Bertz CT molecular complexity index is 913. The van der Waals surface area contributed by atoms with E-state index in [2.05, 4.69) is 53.7 Å². The van der Waals surface area contributed by atoms with E-state index in [-0.39, 0.29) is 0 Å². The molecule has 0 aliphatic rings. The van der Waals surface area contributed by atoms with E-state index in [0.29, 0.717) is 26.4 Å². The van der Waals surface area contributed by atoms with Crippen molar-refractivity contribution >= 4 is 11.8 Å². The fraction of sp³-hybridized carbons (Fsp3) is 0.429. The van der Waals surface area contributed by atoms with E-state index in [1.165, 1.54) is 22.3 Å². The van der Waals surface area contributed by atoms with Gasteiger partial charge in [0.15, 0.2) is 0 Å². The first-order chi connectivity index (χ1) is 15.8. The Morgan fingerprint density at radius 3 is 1.36 bits per heavy atom. The second-order valence-electron chi connectivity index (χ2n) is 8.02. The van der Waals surface area contributed by atoms with Gasteiger partial charge in [-0.3, -0.25) is 0 Å². The first-order valence-electron chi connectivity index (χ1n) is 11.4. The quantitative estimate of drug-likeness (QED) is 0.236. The van der Waals surface area contributed by atoms with Crippen LogP contribution in [0.3, 0.4) is 0 Å². The molecule has 4 nitrogen and oxygen atoms in total. The van der Waals surface area contributed by atoms with Crippen molar-refractivity contribution in [2.45, 2.75) is 65.2 Å². The third-order valence-electron chi connectivity index (χ3n) is 5.71. The van der Waals surface area contributed by atoms with Gasteiger partial charge in [-0.2, -0.15) is 0 Å². The number of ether oxygens (including phenoxy) is 4. The van der Waals surface area contributed by atoms with Crippen molar-refractivity contribution in [3.63, 3.8) is 0 Å². The van der Waals surface area contributed by atoms with Gasteiger partial charge in [-0.05, 0) is 101 Å². The first-order valence-corrected chi connectivity index (χ1v) is 12.2. The predicted molar refractivity (Wildman–Crippen MR) is 138 cm³/mol. The molecule has 0 amide bonds. The maximum absolute atomic E-state index is 6.22. The van der Waals surface area contributed by atoms with Crippen LogP contribution < -0.4 is 9.47 Å². The van der Waals surface area contributed by atoms with Crippen LogP contribution in [0.5, 0.6) is 11.5 Å². The number of aryl methyl sites for hydroxylation is 2. The number of benzene rings is 2. The van der Waals surface area contributed by atoms with Crippen molar-refractivity contribution in [1.82, 2.24) is 0 Å². The lowest BCUT2D eigenvalue weighted by Crippen LogP contribution is -2.08. The van der Waals surface area contributed by atoms with E-state index in [1.54, 1.807) is 24.3 Å². The second-order valence-corrected chi connectivity index (χ2v) is 9.10. The van der Waals surface area contributed by atoms with Gasteiger partial charge in [-0.25, -0.2) is 0 Å². The molecule has 0 fully saturated rings. The zero-order valence-corrected chi connectivity index (χ0v) is 22.2. The Morgan fingerprint density at radius 1 is 0.606 bits per heavy atom. The number of rotatable bonds is 12. The number of hydrogen-bond acceptors (Lipinski definition) is 5. The highest BCUT2D eigenvalue weighted by Gasteiger charge is 2.18. The maximum Gasteiger partial charge on any atom is 0.136 e. The van der Waals surface area contributed by atoms with E-state index < -0.39 is 0 Å². The summed E-state index contributed by atoms with van der Waals surface area (Å²) in [6, 6.07) is 4.41. The molecule has 0 heterocycles. The highest BCUT2D eigenvalue weighted by Crippen LogP contribution is 2.45. The van der Waals surface area contributed by atoms with Crippen LogP contribution >= 0.6 is 11.8 Å².